The number of nitrogens with zero attached hydrogens (tertiary/aromatic N) is 4. The highest BCUT2D eigenvalue weighted by molar-refractivity contribution is 7.91. The van der Waals surface area contributed by atoms with E-state index in [-0.39, 0.29) is 21.8 Å². The van der Waals surface area contributed by atoms with Crippen LogP contribution in [0.4, 0.5) is 26.3 Å². The van der Waals surface area contributed by atoms with Crippen molar-refractivity contribution in [3.63, 3.8) is 0 Å². The first kappa shape index (κ1) is 26.5. The van der Waals surface area contributed by atoms with E-state index in [4.69, 9.17) is 11.6 Å². The third kappa shape index (κ3) is 5.27. The lowest BCUT2D eigenvalue weighted by Crippen LogP contribution is -2.23. The number of rotatable bonds is 5. The number of halogens is 7. The molecular formula is C21H13ClF6N4O4S. The summed E-state index contributed by atoms with van der Waals surface area (Å²) in [5, 5.41) is 3.83. The highest BCUT2D eigenvalue weighted by Gasteiger charge is 2.33. The average molecular weight is 567 g/mol. The molecule has 3 heterocycles. The number of hydrogen-bond acceptors (Lipinski definition) is 6. The molecule has 0 saturated carbocycles. The van der Waals surface area contributed by atoms with Crippen LogP contribution in [0.2, 0.25) is 5.02 Å². The van der Waals surface area contributed by atoms with E-state index in [2.05, 4.69) is 14.8 Å². The molecule has 4 aromatic rings. The maximum Gasteiger partial charge on any atom is 0.573 e. The molecule has 16 heteroatoms. The molecule has 0 aliphatic rings. The van der Waals surface area contributed by atoms with Gasteiger partial charge in [-0.1, -0.05) is 18.5 Å². The van der Waals surface area contributed by atoms with Crippen molar-refractivity contribution in [2.75, 3.05) is 5.75 Å². The lowest BCUT2D eigenvalue weighted by Gasteiger charge is -2.13. The number of ether oxygens (including phenoxy) is 1. The lowest BCUT2D eigenvalue weighted by atomic mass is 10.1. The number of alkyl halides is 6. The first-order valence-corrected chi connectivity index (χ1v) is 12.1. The fourth-order valence-electron chi connectivity index (χ4n) is 3.33. The number of aromatic nitrogens is 4. The van der Waals surface area contributed by atoms with Gasteiger partial charge in [-0.2, -0.15) is 17.9 Å². The zero-order valence-electron chi connectivity index (χ0n) is 18.3. The fourth-order valence-corrected chi connectivity index (χ4v) is 4.59. The molecule has 4 rings (SSSR count). The molecule has 8 nitrogen and oxygen atoms in total. The van der Waals surface area contributed by atoms with E-state index in [0.29, 0.717) is 21.3 Å². The van der Waals surface area contributed by atoms with Crippen molar-refractivity contribution in [1.29, 1.82) is 0 Å². The van der Waals surface area contributed by atoms with Crippen LogP contribution < -0.4 is 10.4 Å². The van der Waals surface area contributed by atoms with Crippen molar-refractivity contribution in [3.8, 4) is 22.7 Å². The van der Waals surface area contributed by atoms with Gasteiger partial charge < -0.3 is 4.74 Å². The first-order valence-electron chi connectivity index (χ1n) is 10.1. The average Bonchev–Trinajstić information content (AvgIpc) is 3.14. The van der Waals surface area contributed by atoms with Crippen LogP contribution in [0.15, 0.2) is 58.5 Å². The molecule has 0 aliphatic heterocycles. The molecule has 1 aromatic carbocycles. The van der Waals surface area contributed by atoms with E-state index in [0.717, 1.165) is 36.5 Å². The van der Waals surface area contributed by atoms with E-state index in [1.165, 1.54) is 6.92 Å². The maximum atomic E-state index is 13.1. The summed E-state index contributed by atoms with van der Waals surface area (Å²) in [5.41, 5.74) is -2.59. The molecule has 0 N–H and O–H groups in total. The van der Waals surface area contributed by atoms with Crippen LogP contribution in [0.25, 0.3) is 22.6 Å². The molecule has 37 heavy (non-hydrogen) atoms. The van der Waals surface area contributed by atoms with Crippen LogP contribution in [-0.2, 0) is 16.0 Å². The van der Waals surface area contributed by atoms with Crippen LogP contribution in [0.3, 0.4) is 0 Å². The minimum absolute atomic E-state index is 0.0374. The van der Waals surface area contributed by atoms with Crippen LogP contribution in [0.1, 0.15) is 12.5 Å². The van der Waals surface area contributed by atoms with Crippen molar-refractivity contribution in [2.24, 2.45) is 0 Å². The Morgan fingerprint density at radius 1 is 1.05 bits per heavy atom. The molecule has 0 fully saturated rings. The number of hydrogen-bond donors (Lipinski definition) is 0. The van der Waals surface area contributed by atoms with E-state index in [1.807, 2.05) is 0 Å². The summed E-state index contributed by atoms with van der Waals surface area (Å²) in [6.45, 7) is 1.29. The van der Waals surface area contributed by atoms with Crippen molar-refractivity contribution in [2.45, 2.75) is 24.4 Å². The van der Waals surface area contributed by atoms with Crippen molar-refractivity contribution in [1.82, 2.24) is 19.2 Å². The van der Waals surface area contributed by atoms with Crippen LogP contribution >= 0.6 is 11.6 Å². The van der Waals surface area contributed by atoms with Gasteiger partial charge in [0, 0.05) is 28.5 Å². The number of pyridine rings is 2. The van der Waals surface area contributed by atoms with Crippen molar-refractivity contribution in [3.05, 3.63) is 69.9 Å². The van der Waals surface area contributed by atoms with Gasteiger partial charge in [-0.15, -0.1) is 18.3 Å². The van der Waals surface area contributed by atoms with Gasteiger partial charge in [-0.3, -0.25) is 0 Å². The fraction of sp³-hybridized carbons (Fsp3) is 0.190. The molecule has 0 unspecified atom stereocenters. The van der Waals surface area contributed by atoms with Crippen LogP contribution in [0, 0.1) is 0 Å². The van der Waals surface area contributed by atoms with Crippen molar-refractivity contribution < 1.29 is 39.5 Å². The minimum Gasteiger partial charge on any atom is -0.406 e. The molecule has 0 amide bonds. The minimum atomic E-state index is -5.00. The van der Waals surface area contributed by atoms with Gasteiger partial charge in [-0.05, 0) is 36.4 Å². The van der Waals surface area contributed by atoms with E-state index in [9.17, 15) is 39.6 Å². The Morgan fingerprint density at radius 3 is 2.38 bits per heavy atom. The maximum absolute atomic E-state index is 13.1. The first-order chi connectivity index (χ1) is 17.1. The van der Waals surface area contributed by atoms with Gasteiger partial charge in [0.05, 0.1) is 11.3 Å². The Kier molecular flexibility index (Phi) is 6.48. The topological polar surface area (TPSA) is 95.6 Å². The van der Waals surface area contributed by atoms with Gasteiger partial charge in [0.1, 0.15) is 10.6 Å². The molecular weight excluding hydrogens is 554 g/mol. The molecule has 3 aromatic heterocycles. The standard InChI is InChI=1S/C21H13ClF6N4O4S/c1-2-37(34,35)16-7-11(14-8-13(4-5-15(14)22)36-21(26,27)28)9-29-18(16)32-19(33)31-10-12(20(23,24)25)3-6-17(31)30-32/h3-10H,2H2,1H3. The zero-order valence-corrected chi connectivity index (χ0v) is 19.9. The highest BCUT2D eigenvalue weighted by atomic mass is 35.5. The molecule has 0 bridgehead atoms. The Balaban J connectivity index is 1.92. The van der Waals surface area contributed by atoms with E-state index < -0.39 is 55.8 Å². The number of sulfone groups is 1. The van der Waals surface area contributed by atoms with Gasteiger partial charge in [0.15, 0.2) is 21.3 Å². The molecule has 0 aliphatic carbocycles. The molecule has 0 saturated heterocycles. The van der Waals surface area contributed by atoms with Gasteiger partial charge >= 0.3 is 18.2 Å². The normalized spacial score (nSPS) is 12.8. The smallest absolute Gasteiger partial charge is 0.406 e. The number of fused-ring (bicyclic) bond motifs is 1. The predicted molar refractivity (Wildman–Crippen MR) is 118 cm³/mol. The van der Waals surface area contributed by atoms with Crippen molar-refractivity contribution >= 4 is 27.1 Å². The summed E-state index contributed by atoms with van der Waals surface area (Å²) < 4.78 is 108. The third-order valence-electron chi connectivity index (χ3n) is 5.08. The van der Waals surface area contributed by atoms with Crippen LogP contribution in [-0.4, -0.2) is 39.7 Å². The van der Waals surface area contributed by atoms with Crippen LogP contribution in [0.5, 0.6) is 5.75 Å². The Bertz CT molecular complexity index is 1680. The van der Waals surface area contributed by atoms with E-state index in [1.54, 1.807) is 0 Å². The summed E-state index contributed by atoms with van der Waals surface area (Å²) >= 11 is 6.11. The summed E-state index contributed by atoms with van der Waals surface area (Å²) in [4.78, 5) is 16.3. The largest absolute Gasteiger partial charge is 0.573 e. The van der Waals surface area contributed by atoms with Gasteiger partial charge in [0.25, 0.3) is 0 Å². The van der Waals surface area contributed by atoms with E-state index >= 15 is 0 Å². The SMILES string of the molecule is CCS(=O)(=O)c1cc(-c2cc(OC(F)(F)F)ccc2Cl)cnc1-n1nc2ccc(C(F)(F)F)cn2c1=O. The van der Waals surface area contributed by atoms with Gasteiger partial charge in [-0.25, -0.2) is 22.6 Å². The Labute approximate surface area is 208 Å². The Morgan fingerprint density at radius 2 is 1.76 bits per heavy atom. The van der Waals surface area contributed by atoms with Gasteiger partial charge in [0.2, 0.25) is 0 Å². The third-order valence-corrected chi connectivity index (χ3v) is 7.14. The summed E-state index contributed by atoms with van der Waals surface area (Å²) in [6.07, 6.45) is -8.22. The summed E-state index contributed by atoms with van der Waals surface area (Å²) in [6, 6.07) is 5.63. The Hall–Kier alpha value is -3.59. The molecule has 0 radical (unpaired) electrons. The monoisotopic (exact) mass is 566 g/mol. The molecule has 0 atom stereocenters. The molecule has 196 valence electrons. The summed E-state index contributed by atoms with van der Waals surface area (Å²) in [7, 11) is -4.15. The highest BCUT2D eigenvalue weighted by Crippen LogP contribution is 2.35. The second-order valence-electron chi connectivity index (χ2n) is 7.48. The molecule has 0 spiro atoms. The number of benzene rings is 1. The summed E-state index contributed by atoms with van der Waals surface area (Å²) in [5.74, 6) is -1.63. The zero-order chi connectivity index (χ0) is 27.3. The second-order valence-corrected chi connectivity index (χ2v) is 10.1. The lowest BCUT2D eigenvalue weighted by molar-refractivity contribution is -0.274. The quantitative estimate of drug-likeness (QED) is 0.319. The second kappa shape index (κ2) is 9.06. The predicted octanol–water partition coefficient (Wildman–Crippen LogP) is 4.91.